The second kappa shape index (κ2) is 9.42. The second-order valence-electron chi connectivity index (χ2n) is 4.03. The van der Waals surface area contributed by atoms with Crippen LogP contribution in [0.25, 0.3) is 0 Å². The summed E-state index contributed by atoms with van der Waals surface area (Å²) >= 11 is 5.50. The fourth-order valence-electron chi connectivity index (χ4n) is 1.55. The maximum absolute atomic E-state index is 12.0. The minimum Gasteiger partial charge on any atom is -0.462 e. The molecule has 1 aromatic rings. The van der Waals surface area contributed by atoms with Gasteiger partial charge in [-0.1, -0.05) is 12.1 Å². The third kappa shape index (κ3) is 5.11. The minimum atomic E-state index is -0.624. The average molecular weight is 322 g/mol. The third-order valence-electron chi connectivity index (χ3n) is 2.52. The van der Waals surface area contributed by atoms with Crippen LogP contribution in [0.2, 0.25) is 0 Å². The molecule has 116 valence electrons. The van der Waals surface area contributed by atoms with Gasteiger partial charge in [0.15, 0.2) is 0 Å². The standard InChI is InChI=1S/C15H16ClN3O3/c1-2-22-15(21)12-5-3-4-6-13(12)19-14(20)11(9-17)10-18-8-7-16/h3-6,10,18H,2,7-8H2,1H3,(H,19,20)/b11-10-. The summed E-state index contributed by atoms with van der Waals surface area (Å²) in [5, 5.41) is 14.3. The van der Waals surface area contributed by atoms with Gasteiger partial charge in [0.2, 0.25) is 0 Å². The molecule has 0 aliphatic carbocycles. The van der Waals surface area contributed by atoms with E-state index in [4.69, 9.17) is 21.6 Å². The molecule has 0 atom stereocenters. The highest BCUT2D eigenvalue weighted by Gasteiger charge is 2.16. The molecule has 22 heavy (non-hydrogen) atoms. The lowest BCUT2D eigenvalue weighted by atomic mass is 10.1. The molecule has 0 fully saturated rings. The van der Waals surface area contributed by atoms with Crippen LogP contribution in [0, 0.1) is 11.3 Å². The fourth-order valence-corrected chi connectivity index (χ4v) is 1.66. The lowest BCUT2D eigenvalue weighted by Gasteiger charge is -2.10. The molecule has 0 heterocycles. The summed E-state index contributed by atoms with van der Waals surface area (Å²) < 4.78 is 4.92. The lowest BCUT2D eigenvalue weighted by Crippen LogP contribution is -2.19. The second-order valence-corrected chi connectivity index (χ2v) is 4.41. The topological polar surface area (TPSA) is 91.2 Å². The summed E-state index contributed by atoms with van der Waals surface area (Å²) in [7, 11) is 0. The fraction of sp³-hybridized carbons (Fsp3) is 0.267. The van der Waals surface area contributed by atoms with Gasteiger partial charge in [0.05, 0.1) is 17.9 Å². The molecule has 0 saturated heterocycles. The number of carbonyl (C=O) groups is 2. The minimum absolute atomic E-state index is 0.122. The number of hydrogen-bond donors (Lipinski definition) is 2. The van der Waals surface area contributed by atoms with Crippen LogP contribution < -0.4 is 10.6 Å². The van der Waals surface area contributed by atoms with E-state index in [-0.39, 0.29) is 23.4 Å². The Labute approximate surface area is 133 Å². The van der Waals surface area contributed by atoms with Crippen molar-refractivity contribution in [3.05, 3.63) is 41.6 Å². The van der Waals surface area contributed by atoms with Gasteiger partial charge < -0.3 is 15.4 Å². The monoisotopic (exact) mass is 321 g/mol. The van der Waals surface area contributed by atoms with Crippen LogP contribution in [-0.4, -0.2) is 30.9 Å². The number of amides is 1. The first-order valence-electron chi connectivity index (χ1n) is 6.61. The number of hydrogen-bond acceptors (Lipinski definition) is 5. The molecule has 0 bridgehead atoms. The highest BCUT2D eigenvalue weighted by molar-refractivity contribution is 6.18. The van der Waals surface area contributed by atoms with Crippen molar-refractivity contribution in [2.75, 3.05) is 24.3 Å². The van der Waals surface area contributed by atoms with E-state index in [0.717, 1.165) is 0 Å². The molecule has 0 unspecified atom stereocenters. The zero-order valence-electron chi connectivity index (χ0n) is 12.1. The Morgan fingerprint density at radius 1 is 1.41 bits per heavy atom. The first-order valence-corrected chi connectivity index (χ1v) is 7.14. The highest BCUT2D eigenvalue weighted by atomic mass is 35.5. The van der Waals surface area contributed by atoms with Gasteiger partial charge in [0, 0.05) is 18.6 Å². The van der Waals surface area contributed by atoms with Gasteiger partial charge in [0.1, 0.15) is 11.6 Å². The lowest BCUT2D eigenvalue weighted by molar-refractivity contribution is -0.112. The molecular formula is C15H16ClN3O3. The van der Waals surface area contributed by atoms with Crippen LogP contribution >= 0.6 is 11.6 Å². The molecule has 7 heteroatoms. The van der Waals surface area contributed by atoms with Crippen molar-refractivity contribution in [1.29, 1.82) is 5.26 Å². The maximum atomic E-state index is 12.0. The van der Waals surface area contributed by atoms with Crippen LogP contribution in [0.15, 0.2) is 36.0 Å². The van der Waals surface area contributed by atoms with E-state index in [1.165, 1.54) is 12.3 Å². The third-order valence-corrected chi connectivity index (χ3v) is 2.71. The molecule has 0 radical (unpaired) electrons. The Morgan fingerprint density at radius 3 is 2.77 bits per heavy atom. The number of para-hydroxylation sites is 1. The molecule has 1 amide bonds. The van der Waals surface area contributed by atoms with Crippen molar-refractivity contribution in [2.45, 2.75) is 6.92 Å². The van der Waals surface area contributed by atoms with Crippen molar-refractivity contribution in [2.24, 2.45) is 0 Å². The summed E-state index contributed by atoms with van der Waals surface area (Å²) in [6.45, 7) is 2.35. The number of anilines is 1. The van der Waals surface area contributed by atoms with Crippen LogP contribution in [0.5, 0.6) is 0 Å². The van der Waals surface area contributed by atoms with Crippen molar-refractivity contribution in [1.82, 2.24) is 5.32 Å². The molecule has 6 nitrogen and oxygen atoms in total. The van der Waals surface area contributed by atoms with Gasteiger partial charge in [-0.3, -0.25) is 4.79 Å². The number of esters is 1. The first kappa shape index (κ1) is 17.5. The van der Waals surface area contributed by atoms with E-state index in [0.29, 0.717) is 12.4 Å². The summed E-state index contributed by atoms with van der Waals surface area (Å²) in [4.78, 5) is 23.9. The highest BCUT2D eigenvalue weighted by Crippen LogP contribution is 2.17. The predicted molar refractivity (Wildman–Crippen MR) is 83.4 cm³/mol. The van der Waals surface area contributed by atoms with Crippen LogP contribution in [-0.2, 0) is 9.53 Å². The van der Waals surface area contributed by atoms with E-state index in [1.54, 1.807) is 31.2 Å². The van der Waals surface area contributed by atoms with E-state index in [1.807, 2.05) is 0 Å². The van der Waals surface area contributed by atoms with Crippen LogP contribution in [0.1, 0.15) is 17.3 Å². The number of ether oxygens (including phenoxy) is 1. The summed E-state index contributed by atoms with van der Waals surface area (Å²) in [6.07, 6.45) is 1.28. The van der Waals surface area contributed by atoms with Crippen molar-refractivity contribution in [3.63, 3.8) is 0 Å². The zero-order chi connectivity index (χ0) is 16.4. The Morgan fingerprint density at radius 2 is 2.14 bits per heavy atom. The SMILES string of the molecule is CCOC(=O)c1ccccc1NC(=O)/C(C#N)=C\NCCCl. The Kier molecular flexibility index (Phi) is 7.51. The molecule has 0 aromatic heterocycles. The summed E-state index contributed by atoms with van der Waals surface area (Å²) in [5.41, 5.74) is 0.386. The zero-order valence-corrected chi connectivity index (χ0v) is 12.8. The van der Waals surface area contributed by atoms with E-state index in [2.05, 4.69) is 10.6 Å². The van der Waals surface area contributed by atoms with Gasteiger partial charge in [-0.05, 0) is 19.1 Å². The predicted octanol–water partition coefficient (Wildman–Crippen LogP) is 2.04. The van der Waals surface area contributed by atoms with Gasteiger partial charge in [0.25, 0.3) is 5.91 Å². The number of halogens is 1. The molecule has 0 saturated carbocycles. The van der Waals surface area contributed by atoms with E-state index >= 15 is 0 Å². The number of nitriles is 1. The smallest absolute Gasteiger partial charge is 0.340 e. The molecular weight excluding hydrogens is 306 g/mol. The van der Waals surface area contributed by atoms with Crippen LogP contribution in [0.4, 0.5) is 5.69 Å². The van der Waals surface area contributed by atoms with E-state index in [9.17, 15) is 9.59 Å². The molecule has 2 N–H and O–H groups in total. The van der Waals surface area contributed by atoms with Gasteiger partial charge >= 0.3 is 5.97 Å². The molecule has 1 aromatic carbocycles. The first-order chi connectivity index (χ1) is 10.6. The molecule has 1 rings (SSSR count). The van der Waals surface area contributed by atoms with Crippen molar-refractivity contribution < 1.29 is 14.3 Å². The average Bonchev–Trinajstić information content (AvgIpc) is 2.52. The number of nitrogens with one attached hydrogen (secondary N) is 2. The quantitative estimate of drug-likeness (QED) is 0.264. The number of carbonyl (C=O) groups excluding carboxylic acids is 2. The Hall–Kier alpha value is -2.52. The Bertz CT molecular complexity index is 608. The number of nitrogens with zero attached hydrogens (tertiary/aromatic N) is 1. The van der Waals surface area contributed by atoms with Gasteiger partial charge in [-0.25, -0.2) is 4.79 Å². The Balaban J connectivity index is 2.90. The number of alkyl halides is 1. The van der Waals surface area contributed by atoms with E-state index < -0.39 is 11.9 Å². The molecule has 0 aliphatic rings. The normalized spacial score (nSPS) is 10.5. The van der Waals surface area contributed by atoms with Crippen molar-refractivity contribution >= 4 is 29.2 Å². The maximum Gasteiger partial charge on any atom is 0.340 e. The summed E-state index contributed by atoms with van der Waals surface area (Å²) in [5.74, 6) is -0.815. The number of benzene rings is 1. The molecule has 0 spiro atoms. The largest absolute Gasteiger partial charge is 0.462 e. The van der Waals surface area contributed by atoms with Crippen LogP contribution in [0.3, 0.4) is 0 Å². The van der Waals surface area contributed by atoms with Gasteiger partial charge in [-0.2, -0.15) is 5.26 Å². The van der Waals surface area contributed by atoms with Crippen molar-refractivity contribution in [3.8, 4) is 6.07 Å². The molecule has 0 aliphatic heterocycles. The number of rotatable bonds is 7. The van der Waals surface area contributed by atoms with Gasteiger partial charge in [-0.15, -0.1) is 11.6 Å². The summed E-state index contributed by atoms with van der Waals surface area (Å²) in [6, 6.07) is 8.20.